The Morgan fingerprint density at radius 3 is 2.58 bits per heavy atom. The Hall–Kier alpha value is -0.650. The fourth-order valence-electron chi connectivity index (χ4n) is 3.13. The summed E-state index contributed by atoms with van der Waals surface area (Å²) in [5.41, 5.74) is 3.12. The standard InChI is InChI=1S/C14H27N3O2/c1-4-15-13-9-19-8-12(13)14(18)16-17-10(2)6-5-7-11(17)3/h10-13,15H,4-9H2,1-3H3,(H,16,18). The molecule has 110 valence electrons. The highest BCUT2D eigenvalue weighted by atomic mass is 16.5. The van der Waals surface area contributed by atoms with Gasteiger partial charge in [0.2, 0.25) is 5.91 Å². The normalized spacial score (nSPS) is 36.4. The van der Waals surface area contributed by atoms with Crippen LogP contribution in [0.25, 0.3) is 0 Å². The van der Waals surface area contributed by atoms with Crippen molar-refractivity contribution in [1.29, 1.82) is 0 Å². The number of rotatable bonds is 4. The molecule has 4 unspecified atom stereocenters. The minimum atomic E-state index is -0.0683. The molecule has 4 atom stereocenters. The zero-order chi connectivity index (χ0) is 13.8. The third-order valence-electron chi connectivity index (χ3n) is 4.32. The molecule has 2 aliphatic rings. The van der Waals surface area contributed by atoms with Gasteiger partial charge in [-0.05, 0) is 33.2 Å². The smallest absolute Gasteiger partial charge is 0.241 e. The average molecular weight is 269 g/mol. The summed E-state index contributed by atoms with van der Waals surface area (Å²) in [5.74, 6) is 0.0327. The van der Waals surface area contributed by atoms with E-state index in [9.17, 15) is 4.79 Å². The predicted octanol–water partition coefficient (Wildman–Crippen LogP) is 0.905. The number of ether oxygens (including phenoxy) is 1. The van der Waals surface area contributed by atoms with Gasteiger partial charge in [-0.25, -0.2) is 5.01 Å². The number of amides is 1. The summed E-state index contributed by atoms with van der Waals surface area (Å²) in [5, 5.41) is 5.46. The number of hydrogen-bond acceptors (Lipinski definition) is 4. The molecule has 2 fully saturated rings. The van der Waals surface area contributed by atoms with Crippen LogP contribution < -0.4 is 10.7 Å². The lowest BCUT2D eigenvalue weighted by molar-refractivity contribution is -0.133. The molecule has 2 rings (SSSR count). The number of carbonyl (C=O) groups is 1. The first-order valence-electron chi connectivity index (χ1n) is 7.53. The second kappa shape index (κ2) is 6.68. The predicted molar refractivity (Wildman–Crippen MR) is 74.5 cm³/mol. The van der Waals surface area contributed by atoms with E-state index in [1.165, 1.54) is 6.42 Å². The van der Waals surface area contributed by atoms with Crippen molar-refractivity contribution >= 4 is 5.91 Å². The highest BCUT2D eigenvalue weighted by Gasteiger charge is 2.36. The molecule has 0 aromatic carbocycles. The maximum absolute atomic E-state index is 12.4. The summed E-state index contributed by atoms with van der Waals surface area (Å²) >= 11 is 0. The van der Waals surface area contributed by atoms with Crippen LogP contribution in [0.3, 0.4) is 0 Å². The van der Waals surface area contributed by atoms with E-state index in [1.807, 2.05) is 0 Å². The van der Waals surface area contributed by atoms with Crippen molar-refractivity contribution in [1.82, 2.24) is 15.8 Å². The molecular weight excluding hydrogens is 242 g/mol. The zero-order valence-electron chi connectivity index (χ0n) is 12.3. The van der Waals surface area contributed by atoms with Crippen molar-refractivity contribution in [3.05, 3.63) is 0 Å². The average Bonchev–Trinajstić information content (AvgIpc) is 2.83. The molecule has 0 aromatic heterocycles. The van der Waals surface area contributed by atoms with Crippen molar-refractivity contribution in [3.8, 4) is 0 Å². The molecule has 0 saturated carbocycles. The molecule has 0 radical (unpaired) electrons. The topological polar surface area (TPSA) is 53.6 Å². The molecule has 0 aliphatic carbocycles. The summed E-state index contributed by atoms with van der Waals surface area (Å²) in [6.07, 6.45) is 3.56. The van der Waals surface area contributed by atoms with Crippen LogP contribution in [0, 0.1) is 5.92 Å². The molecule has 5 heteroatoms. The molecule has 0 spiro atoms. The first kappa shape index (κ1) is 14.8. The van der Waals surface area contributed by atoms with Crippen molar-refractivity contribution < 1.29 is 9.53 Å². The van der Waals surface area contributed by atoms with Gasteiger partial charge >= 0.3 is 0 Å². The van der Waals surface area contributed by atoms with Gasteiger partial charge in [0.05, 0.1) is 19.1 Å². The minimum Gasteiger partial charge on any atom is -0.379 e. The number of hydrazine groups is 1. The summed E-state index contributed by atoms with van der Waals surface area (Å²) in [6, 6.07) is 1.00. The molecule has 0 aromatic rings. The fourth-order valence-corrected chi connectivity index (χ4v) is 3.13. The molecule has 1 amide bonds. The fraction of sp³-hybridized carbons (Fsp3) is 0.929. The van der Waals surface area contributed by atoms with Crippen LogP contribution in [-0.2, 0) is 9.53 Å². The van der Waals surface area contributed by atoms with Crippen molar-refractivity contribution in [2.45, 2.75) is 58.2 Å². The third-order valence-corrected chi connectivity index (χ3v) is 4.32. The SMILES string of the molecule is CCNC1COCC1C(=O)NN1C(C)CCCC1C. The van der Waals surface area contributed by atoms with Gasteiger partial charge in [0.25, 0.3) is 0 Å². The first-order valence-corrected chi connectivity index (χ1v) is 7.53. The van der Waals surface area contributed by atoms with Crippen molar-refractivity contribution in [2.24, 2.45) is 5.92 Å². The highest BCUT2D eigenvalue weighted by Crippen LogP contribution is 2.21. The summed E-state index contributed by atoms with van der Waals surface area (Å²) in [6.45, 7) is 8.46. The number of carbonyl (C=O) groups excluding carboxylic acids is 1. The van der Waals surface area contributed by atoms with Crippen molar-refractivity contribution in [3.63, 3.8) is 0 Å². The lowest BCUT2D eigenvalue weighted by Crippen LogP contribution is -2.57. The lowest BCUT2D eigenvalue weighted by atomic mass is 9.99. The molecule has 19 heavy (non-hydrogen) atoms. The van der Waals surface area contributed by atoms with E-state index in [4.69, 9.17) is 4.74 Å². The van der Waals surface area contributed by atoms with Gasteiger partial charge in [0.15, 0.2) is 0 Å². The molecule has 2 saturated heterocycles. The van der Waals surface area contributed by atoms with E-state index in [0.29, 0.717) is 25.3 Å². The molecule has 2 aliphatic heterocycles. The van der Waals surface area contributed by atoms with Gasteiger partial charge in [-0.2, -0.15) is 0 Å². The van der Waals surface area contributed by atoms with E-state index in [2.05, 4.69) is 36.5 Å². The number of likely N-dealkylation sites (N-methyl/N-ethyl adjacent to an activating group) is 1. The highest BCUT2D eigenvalue weighted by molar-refractivity contribution is 5.79. The Bertz CT molecular complexity index is 301. The zero-order valence-corrected chi connectivity index (χ0v) is 12.3. The molecule has 2 heterocycles. The molecular formula is C14H27N3O2. The second-order valence-corrected chi connectivity index (χ2v) is 5.82. The molecule has 5 nitrogen and oxygen atoms in total. The van der Waals surface area contributed by atoms with E-state index >= 15 is 0 Å². The van der Waals surface area contributed by atoms with Gasteiger partial charge in [-0.3, -0.25) is 10.2 Å². The maximum atomic E-state index is 12.4. The van der Waals surface area contributed by atoms with Gasteiger partial charge in [0, 0.05) is 18.1 Å². The Morgan fingerprint density at radius 1 is 1.26 bits per heavy atom. The Labute approximate surface area is 116 Å². The first-order chi connectivity index (χ1) is 9.13. The Balaban J connectivity index is 1.92. The van der Waals surface area contributed by atoms with Gasteiger partial charge in [-0.15, -0.1) is 0 Å². The summed E-state index contributed by atoms with van der Waals surface area (Å²) in [7, 11) is 0. The van der Waals surface area contributed by atoms with E-state index in [1.54, 1.807) is 0 Å². The quantitative estimate of drug-likeness (QED) is 0.796. The number of piperidine rings is 1. The van der Waals surface area contributed by atoms with E-state index in [-0.39, 0.29) is 17.9 Å². The largest absolute Gasteiger partial charge is 0.379 e. The van der Waals surface area contributed by atoms with Crippen LogP contribution in [0.4, 0.5) is 0 Å². The van der Waals surface area contributed by atoms with Crippen LogP contribution in [0.15, 0.2) is 0 Å². The monoisotopic (exact) mass is 269 g/mol. The van der Waals surface area contributed by atoms with E-state index in [0.717, 1.165) is 19.4 Å². The number of hydrogen-bond donors (Lipinski definition) is 2. The Kier molecular flexibility index (Phi) is 5.19. The Morgan fingerprint density at radius 2 is 1.95 bits per heavy atom. The van der Waals surface area contributed by atoms with Crippen LogP contribution in [-0.4, -0.2) is 48.8 Å². The maximum Gasteiger partial charge on any atom is 0.241 e. The van der Waals surface area contributed by atoms with Gasteiger partial charge in [0.1, 0.15) is 0 Å². The number of nitrogens with one attached hydrogen (secondary N) is 2. The van der Waals surface area contributed by atoms with Crippen LogP contribution >= 0.6 is 0 Å². The molecule has 0 bridgehead atoms. The second-order valence-electron chi connectivity index (χ2n) is 5.82. The van der Waals surface area contributed by atoms with Gasteiger partial charge in [-0.1, -0.05) is 13.3 Å². The summed E-state index contributed by atoms with van der Waals surface area (Å²) < 4.78 is 5.44. The summed E-state index contributed by atoms with van der Waals surface area (Å²) in [4.78, 5) is 12.4. The van der Waals surface area contributed by atoms with Crippen molar-refractivity contribution in [2.75, 3.05) is 19.8 Å². The van der Waals surface area contributed by atoms with E-state index < -0.39 is 0 Å². The van der Waals surface area contributed by atoms with Gasteiger partial charge < -0.3 is 10.1 Å². The number of nitrogens with zero attached hydrogens (tertiary/aromatic N) is 1. The molecule has 2 N–H and O–H groups in total. The lowest BCUT2D eigenvalue weighted by Gasteiger charge is -2.39. The van der Waals surface area contributed by atoms with Crippen LogP contribution in [0.2, 0.25) is 0 Å². The van der Waals surface area contributed by atoms with Crippen LogP contribution in [0.1, 0.15) is 40.0 Å². The third kappa shape index (κ3) is 3.46. The minimum absolute atomic E-state index is 0.0683. The van der Waals surface area contributed by atoms with Crippen LogP contribution in [0.5, 0.6) is 0 Å².